The summed E-state index contributed by atoms with van der Waals surface area (Å²) in [6.45, 7) is 6.20. The van der Waals surface area contributed by atoms with E-state index in [0.717, 1.165) is 18.0 Å². The number of rotatable bonds is 6. The van der Waals surface area contributed by atoms with Crippen molar-refractivity contribution in [2.45, 2.75) is 39.3 Å². The second-order valence-corrected chi connectivity index (χ2v) is 5.88. The fourth-order valence-electron chi connectivity index (χ4n) is 1.86. The maximum absolute atomic E-state index is 5.76. The van der Waals surface area contributed by atoms with Gasteiger partial charge in [-0.1, -0.05) is 6.07 Å². The van der Waals surface area contributed by atoms with Crippen LogP contribution in [-0.2, 0) is 6.42 Å². The Hall–Kier alpha value is -1.55. The average Bonchev–Trinajstić information content (AvgIpc) is 2.83. The molecule has 102 valence electrons. The summed E-state index contributed by atoms with van der Waals surface area (Å²) in [4.78, 5) is 5.75. The van der Waals surface area contributed by atoms with E-state index in [2.05, 4.69) is 34.7 Å². The normalized spacial score (nSPS) is 12.4. The first kappa shape index (κ1) is 13.9. The minimum Gasteiger partial charge on any atom is -0.487 e. The Morgan fingerprint density at radius 3 is 2.79 bits per heavy atom. The van der Waals surface area contributed by atoms with Crippen molar-refractivity contribution in [1.29, 1.82) is 0 Å². The molecule has 2 rings (SSSR count). The molecule has 1 atom stereocenters. The lowest BCUT2D eigenvalue weighted by Gasteiger charge is -2.18. The van der Waals surface area contributed by atoms with Gasteiger partial charge in [-0.3, -0.25) is 0 Å². The largest absolute Gasteiger partial charge is 0.487 e. The molecule has 2 aromatic heterocycles. The van der Waals surface area contributed by atoms with Gasteiger partial charge in [-0.05, 0) is 44.4 Å². The lowest BCUT2D eigenvalue weighted by Crippen LogP contribution is -2.19. The summed E-state index contributed by atoms with van der Waals surface area (Å²) < 4.78 is 5.76. The molecule has 1 unspecified atom stereocenters. The molecule has 0 fully saturated rings. The number of ether oxygens (including phenoxy) is 1. The third-order valence-electron chi connectivity index (χ3n) is 2.60. The molecule has 0 bridgehead atoms. The maximum Gasteiger partial charge on any atom is 0.168 e. The van der Waals surface area contributed by atoms with Crippen molar-refractivity contribution < 1.29 is 4.74 Å². The van der Waals surface area contributed by atoms with Crippen LogP contribution >= 0.6 is 11.3 Å². The summed E-state index contributed by atoms with van der Waals surface area (Å²) in [5.74, 6) is 1.63. The Bertz CT molecular complexity index is 497. The zero-order valence-electron chi connectivity index (χ0n) is 11.6. The molecule has 2 aromatic rings. The number of thiophene rings is 1. The smallest absolute Gasteiger partial charge is 0.168 e. The molecule has 4 heteroatoms. The first-order valence-corrected chi connectivity index (χ1v) is 7.43. The van der Waals surface area contributed by atoms with Gasteiger partial charge in [0.1, 0.15) is 0 Å². The molecule has 0 aliphatic carbocycles. The van der Waals surface area contributed by atoms with Gasteiger partial charge in [0.2, 0.25) is 0 Å². The first-order valence-electron chi connectivity index (χ1n) is 6.55. The minimum absolute atomic E-state index is 0.150. The van der Waals surface area contributed by atoms with Crippen molar-refractivity contribution in [2.75, 3.05) is 5.32 Å². The standard InChI is InChI=1S/C15H20N2OS/c1-11(2)18-14-7-4-8-16-15(14)17-12(3)10-13-6-5-9-19-13/h4-9,11-12H,10H2,1-3H3,(H,16,17). The molecule has 0 radical (unpaired) electrons. The zero-order chi connectivity index (χ0) is 13.7. The lowest BCUT2D eigenvalue weighted by molar-refractivity contribution is 0.242. The van der Waals surface area contributed by atoms with E-state index in [-0.39, 0.29) is 6.10 Å². The Balaban J connectivity index is 2.01. The highest BCUT2D eigenvalue weighted by Crippen LogP contribution is 2.23. The van der Waals surface area contributed by atoms with Crippen molar-refractivity contribution in [3.05, 3.63) is 40.7 Å². The third kappa shape index (κ3) is 4.24. The van der Waals surface area contributed by atoms with Crippen LogP contribution in [0.1, 0.15) is 25.6 Å². The van der Waals surface area contributed by atoms with E-state index in [0.29, 0.717) is 6.04 Å². The van der Waals surface area contributed by atoms with E-state index < -0.39 is 0 Å². The fourth-order valence-corrected chi connectivity index (χ4v) is 2.70. The molecule has 0 saturated heterocycles. The van der Waals surface area contributed by atoms with E-state index in [1.165, 1.54) is 4.88 Å². The summed E-state index contributed by atoms with van der Waals surface area (Å²) in [7, 11) is 0. The number of anilines is 1. The monoisotopic (exact) mass is 276 g/mol. The molecule has 0 saturated carbocycles. The highest BCUT2D eigenvalue weighted by Gasteiger charge is 2.10. The Morgan fingerprint density at radius 2 is 2.11 bits per heavy atom. The van der Waals surface area contributed by atoms with Gasteiger partial charge in [-0.15, -0.1) is 11.3 Å². The molecular weight excluding hydrogens is 256 g/mol. The molecule has 0 amide bonds. The zero-order valence-corrected chi connectivity index (χ0v) is 12.4. The van der Waals surface area contributed by atoms with Gasteiger partial charge in [0.15, 0.2) is 11.6 Å². The first-order chi connectivity index (χ1) is 9.15. The minimum atomic E-state index is 0.150. The van der Waals surface area contributed by atoms with Crippen LogP contribution in [0.2, 0.25) is 0 Å². The number of nitrogens with zero attached hydrogens (tertiary/aromatic N) is 1. The lowest BCUT2D eigenvalue weighted by atomic mass is 10.2. The van der Waals surface area contributed by atoms with E-state index in [9.17, 15) is 0 Å². The fraction of sp³-hybridized carbons (Fsp3) is 0.400. The maximum atomic E-state index is 5.76. The van der Waals surface area contributed by atoms with Gasteiger partial charge in [-0.25, -0.2) is 4.98 Å². The highest BCUT2D eigenvalue weighted by atomic mass is 32.1. The summed E-state index contributed by atoms with van der Waals surface area (Å²) in [5.41, 5.74) is 0. The number of hydrogen-bond donors (Lipinski definition) is 1. The molecular formula is C15H20N2OS. The average molecular weight is 276 g/mol. The highest BCUT2D eigenvalue weighted by molar-refractivity contribution is 7.09. The molecule has 3 nitrogen and oxygen atoms in total. The Kier molecular flexibility index (Phi) is 4.80. The van der Waals surface area contributed by atoms with Crippen LogP contribution in [0.25, 0.3) is 0 Å². The second-order valence-electron chi connectivity index (χ2n) is 4.85. The van der Waals surface area contributed by atoms with Crippen LogP contribution in [0.5, 0.6) is 5.75 Å². The van der Waals surface area contributed by atoms with Crippen LogP contribution in [0.15, 0.2) is 35.8 Å². The third-order valence-corrected chi connectivity index (χ3v) is 3.50. The topological polar surface area (TPSA) is 34.2 Å². The summed E-state index contributed by atoms with van der Waals surface area (Å²) >= 11 is 1.79. The van der Waals surface area contributed by atoms with Gasteiger partial charge in [0, 0.05) is 23.5 Å². The van der Waals surface area contributed by atoms with Gasteiger partial charge in [0.25, 0.3) is 0 Å². The SMILES string of the molecule is CC(Cc1cccs1)Nc1ncccc1OC(C)C. The Morgan fingerprint density at radius 1 is 1.26 bits per heavy atom. The quantitative estimate of drug-likeness (QED) is 0.866. The van der Waals surface area contributed by atoms with Crippen LogP contribution in [0.3, 0.4) is 0 Å². The molecule has 1 N–H and O–H groups in total. The molecule has 0 aromatic carbocycles. The predicted octanol–water partition coefficient (Wildman–Crippen LogP) is 3.97. The molecule has 19 heavy (non-hydrogen) atoms. The molecule has 0 aliphatic rings. The molecule has 2 heterocycles. The molecule has 0 aliphatic heterocycles. The Labute approximate surface area is 118 Å². The van der Waals surface area contributed by atoms with Crippen molar-refractivity contribution in [3.63, 3.8) is 0 Å². The van der Waals surface area contributed by atoms with Crippen molar-refractivity contribution in [1.82, 2.24) is 4.98 Å². The van der Waals surface area contributed by atoms with E-state index >= 15 is 0 Å². The second kappa shape index (κ2) is 6.57. The van der Waals surface area contributed by atoms with Crippen LogP contribution in [-0.4, -0.2) is 17.1 Å². The van der Waals surface area contributed by atoms with Crippen LogP contribution in [0, 0.1) is 0 Å². The van der Waals surface area contributed by atoms with E-state index in [1.807, 2.05) is 26.0 Å². The number of pyridine rings is 1. The number of hydrogen-bond acceptors (Lipinski definition) is 4. The van der Waals surface area contributed by atoms with Gasteiger partial charge in [-0.2, -0.15) is 0 Å². The van der Waals surface area contributed by atoms with Crippen molar-refractivity contribution in [2.24, 2.45) is 0 Å². The van der Waals surface area contributed by atoms with Gasteiger partial charge >= 0.3 is 0 Å². The summed E-state index contributed by atoms with van der Waals surface area (Å²) in [6, 6.07) is 8.41. The van der Waals surface area contributed by atoms with Gasteiger partial charge in [0.05, 0.1) is 6.10 Å². The van der Waals surface area contributed by atoms with Crippen molar-refractivity contribution >= 4 is 17.2 Å². The van der Waals surface area contributed by atoms with Crippen molar-refractivity contribution in [3.8, 4) is 5.75 Å². The van der Waals surface area contributed by atoms with Crippen LogP contribution in [0.4, 0.5) is 5.82 Å². The summed E-state index contributed by atoms with van der Waals surface area (Å²) in [5, 5.41) is 5.53. The van der Waals surface area contributed by atoms with E-state index in [4.69, 9.17) is 4.74 Å². The molecule has 0 spiro atoms. The number of nitrogens with one attached hydrogen (secondary N) is 1. The van der Waals surface area contributed by atoms with E-state index in [1.54, 1.807) is 17.5 Å². The van der Waals surface area contributed by atoms with Gasteiger partial charge < -0.3 is 10.1 Å². The predicted molar refractivity (Wildman–Crippen MR) is 81.1 cm³/mol. The summed E-state index contributed by atoms with van der Waals surface area (Å²) in [6.07, 6.45) is 2.93. The number of aromatic nitrogens is 1. The van der Waals surface area contributed by atoms with Crippen LogP contribution < -0.4 is 10.1 Å².